The maximum absolute atomic E-state index is 12.7. The zero-order valence-electron chi connectivity index (χ0n) is 11.2. The highest BCUT2D eigenvalue weighted by atomic mass is 32.1. The molecule has 0 atom stereocenters. The maximum atomic E-state index is 12.7. The van der Waals surface area contributed by atoms with E-state index in [4.69, 9.17) is 0 Å². The summed E-state index contributed by atoms with van der Waals surface area (Å²) < 4.78 is 21.0. The van der Waals surface area contributed by atoms with Crippen molar-refractivity contribution in [3.8, 4) is 0 Å². The minimum Gasteiger partial charge on any atom is -0.304 e. The highest BCUT2D eigenvalue weighted by molar-refractivity contribution is 7.00. The molecule has 0 spiro atoms. The van der Waals surface area contributed by atoms with Crippen LogP contribution in [0.3, 0.4) is 0 Å². The van der Waals surface area contributed by atoms with E-state index in [2.05, 4.69) is 24.6 Å². The smallest absolute Gasteiger partial charge is 0.304 e. The van der Waals surface area contributed by atoms with Gasteiger partial charge in [0.15, 0.2) is 0 Å². The summed E-state index contributed by atoms with van der Waals surface area (Å²) in [5.41, 5.74) is 4.91. The Morgan fingerprint density at radius 2 is 2.00 bits per heavy atom. The number of rotatable bonds is 3. The molecule has 2 N–H and O–H groups in total. The van der Waals surface area contributed by atoms with Crippen molar-refractivity contribution in [3.63, 3.8) is 0 Å². The third-order valence-corrected chi connectivity index (χ3v) is 3.33. The molecular weight excluding hydrogens is 305 g/mol. The highest BCUT2D eigenvalue weighted by Gasteiger charge is 2.07. The molecule has 2 aromatic carbocycles. The topological polar surface area (TPSA) is 79.3 Å². The number of hydrogen-bond donors (Lipinski definition) is 2. The van der Waals surface area contributed by atoms with Crippen molar-refractivity contribution in [3.05, 3.63) is 53.8 Å². The number of hydrazone groups is 1. The lowest BCUT2D eigenvalue weighted by Gasteiger charge is -2.04. The molecule has 3 aromatic rings. The minimum atomic E-state index is -0.501. The van der Waals surface area contributed by atoms with E-state index in [-0.39, 0.29) is 5.82 Å². The lowest BCUT2D eigenvalue weighted by molar-refractivity contribution is 0.252. The van der Waals surface area contributed by atoms with Crippen LogP contribution in [0.25, 0.3) is 11.0 Å². The number of halogens is 1. The lowest BCUT2D eigenvalue weighted by Crippen LogP contribution is -2.24. The van der Waals surface area contributed by atoms with Gasteiger partial charge in [-0.15, -0.1) is 0 Å². The molecule has 8 heteroatoms. The van der Waals surface area contributed by atoms with Crippen molar-refractivity contribution >= 4 is 40.7 Å². The number of nitrogens with one attached hydrogen (secondary N) is 2. The fraction of sp³-hybridized carbons (Fsp3) is 0. The molecule has 2 amide bonds. The Kier molecular flexibility index (Phi) is 4.01. The summed E-state index contributed by atoms with van der Waals surface area (Å²) in [6.07, 6.45) is 1.42. The van der Waals surface area contributed by atoms with Gasteiger partial charge in [0, 0.05) is 0 Å². The average molecular weight is 315 g/mol. The first kappa shape index (κ1) is 14.1. The Hall–Kier alpha value is -2.87. The molecule has 6 nitrogen and oxygen atoms in total. The van der Waals surface area contributed by atoms with Gasteiger partial charge in [-0.3, -0.25) is 0 Å². The van der Waals surface area contributed by atoms with Crippen LogP contribution in [0.1, 0.15) is 5.56 Å². The van der Waals surface area contributed by atoms with Crippen LogP contribution in [-0.4, -0.2) is 21.0 Å². The molecule has 22 heavy (non-hydrogen) atoms. The minimum absolute atomic E-state index is 0.326. The second kappa shape index (κ2) is 6.27. The monoisotopic (exact) mass is 315 g/mol. The summed E-state index contributed by atoms with van der Waals surface area (Å²) in [5.74, 6) is -0.326. The van der Waals surface area contributed by atoms with Crippen LogP contribution in [0.4, 0.5) is 14.9 Å². The van der Waals surface area contributed by atoms with E-state index in [1.54, 1.807) is 24.3 Å². The first-order chi connectivity index (χ1) is 10.7. The third-order valence-electron chi connectivity index (χ3n) is 2.78. The molecule has 0 bridgehead atoms. The molecule has 0 aliphatic heterocycles. The van der Waals surface area contributed by atoms with Crippen LogP contribution >= 0.6 is 11.7 Å². The van der Waals surface area contributed by atoms with Crippen molar-refractivity contribution in [2.75, 3.05) is 5.32 Å². The number of fused-ring (bicyclic) bond motifs is 1. The zero-order chi connectivity index (χ0) is 15.4. The van der Waals surface area contributed by atoms with Gasteiger partial charge in [0.2, 0.25) is 0 Å². The van der Waals surface area contributed by atoms with Gasteiger partial charge in [0.25, 0.3) is 0 Å². The van der Waals surface area contributed by atoms with Gasteiger partial charge in [-0.2, -0.15) is 13.8 Å². The largest absolute Gasteiger partial charge is 0.339 e. The third kappa shape index (κ3) is 3.23. The predicted molar refractivity (Wildman–Crippen MR) is 83.6 cm³/mol. The standard InChI is InChI=1S/C14H10FN5OS/c15-10-6-4-9(5-7-10)8-16-18-14(21)17-11-2-1-3-12-13(11)20-22-19-12/h1-8H,(H2,17,18,21)/b16-8+. The molecule has 0 fully saturated rings. The Morgan fingerprint density at radius 1 is 1.18 bits per heavy atom. The van der Waals surface area contributed by atoms with Gasteiger partial charge in [0.05, 0.1) is 23.6 Å². The normalized spacial score (nSPS) is 11.0. The summed E-state index contributed by atoms with van der Waals surface area (Å²) >= 11 is 1.08. The van der Waals surface area contributed by atoms with E-state index >= 15 is 0 Å². The second-order valence-corrected chi connectivity index (χ2v) is 4.84. The summed E-state index contributed by atoms with van der Waals surface area (Å²) in [7, 11) is 0. The Balaban J connectivity index is 1.63. The number of amides is 2. The summed E-state index contributed by atoms with van der Waals surface area (Å²) in [5, 5.41) is 6.44. The highest BCUT2D eigenvalue weighted by Crippen LogP contribution is 2.20. The molecule has 110 valence electrons. The Labute approximate surface area is 129 Å². The summed E-state index contributed by atoms with van der Waals surface area (Å²) in [6, 6.07) is 10.6. The van der Waals surface area contributed by atoms with Gasteiger partial charge >= 0.3 is 6.03 Å². The summed E-state index contributed by atoms with van der Waals surface area (Å²) in [6.45, 7) is 0. The Bertz CT molecular complexity index is 831. The van der Waals surface area contributed by atoms with Gasteiger partial charge in [-0.1, -0.05) is 18.2 Å². The van der Waals surface area contributed by atoms with Crippen molar-refractivity contribution in [1.82, 2.24) is 14.2 Å². The number of carbonyl (C=O) groups excluding carboxylic acids is 1. The van der Waals surface area contributed by atoms with E-state index < -0.39 is 6.03 Å². The van der Waals surface area contributed by atoms with Crippen LogP contribution in [0.5, 0.6) is 0 Å². The van der Waals surface area contributed by atoms with Gasteiger partial charge in [-0.05, 0) is 29.8 Å². The number of anilines is 1. The van der Waals surface area contributed by atoms with Crippen LogP contribution in [0, 0.1) is 5.82 Å². The number of carbonyl (C=O) groups is 1. The summed E-state index contributed by atoms with van der Waals surface area (Å²) in [4.78, 5) is 11.8. The van der Waals surface area contributed by atoms with Crippen LogP contribution in [-0.2, 0) is 0 Å². The molecule has 0 saturated heterocycles. The molecule has 1 aromatic heterocycles. The number of aromatic nitrogens is 2. The van der Waals surface area contributed by atoms with Gasteiger partial charge in [0.1, 0.15) is 16.9 Å². The molecule has 0 saturated carbocycles. The number of hydrogen-bond acceptors (Lipinski definition) is 5. The molecular formula is C14H10FN5OS. The van der Waals surface area contributed by atoms with Gasteiger partial charge in [-0.25, -0.2) is 14.6 Å². The fourth-order valence-corrected chi connectivity index (χ4v) is 2.32. The molecule has 0 radical (unpaired) electrons. The SMILES string of the molecule is O=C(N/N=C/c1ccc(F)cc1)Nc1cccc2nsnc12. The fourth-order valence-electron chi connectivity index (χ4n) is 1.77. The number of benzene rings is 2. The van der Waals surface area contributed by atoms with E-state index in [1.165, 1.54) is 18.3 Å². The quantitative estimate of drug-likeness (QED) is 0.576. The average Bonchev–Trinajstić information content (AvgIpc) is 2.99. The van der Waals surface area contributed by atoms with Crippen molar-refractivity contribution < 1.29 is 9.18 Å². The number of nitrogens with zero attached hydrogens (tertiary/aromatic N) is 3. The van der Waals surface area contributed by atoms with E-state index in [0.717, 1.165) is 17.2 Å². The first-order valence-corrected chi connectivity index (χ1v) is 7.02. The lowest BCUT2D eigenvalue weighted by atomic mass is 10.2. The molecule has 0 unspecified atom stereocenters. The van der Waals surface area contributed by atoms with Crippen LogP contribution in [0.15, 0.2) is 47.6 Å². The van der Waals surface area contributed by atoms with Crippen molar-refractivity contribution in [2.24, 2.45) is 5.10 Å². The Morgan fingerprint density at radius 3 is 2.82 bits per heavy atom. The maximum Gasteiger partial charge on any atom is 0.339 e. The van der Waals surface area contributed by atoms with E-state index in [9.17, 15) is 9.18 Å². The predicted octanol–water partition coefficient (Wildman–Crippen LogP) is 2.99. The number of urea groups is 1. The van der Waals surface area contributed by atoms with Gasteiger partial charge < -0.3 is 5.32 Å². The molecule has 1 heterocycles. The van der Waals surface area contributed by atoms with Crippen LogP contribution < -0.4 is 10.7 Å². The van der Waals surface area contributed by atoms with Crippen LogP contribution in [0.2, 0.25) is 0 Å². The van der Waals surface area contributed by atoms with Crippen molar-refractivity contribution in [1.29, 1.82) is 0 Å². The molecule has 0 aliphatic carbocycles. The van der Waals surface area contributed by atoms with E-state index in [0.29, 0.717) is 16.8 Å². The zero-order valence-corrected chi connectivity index (χ0v) is 12.0. The molecule has 3 rings (SSSR count). The van der Waals surface area contributed by atoms with E-state index in [1.807, 2.05) is 6.07 Å². The second-order valence-electron chi connectivity index (χ2n) is 4.31. The first-order valence-electron chi connectivity index (χ1n) is 6.29. The van der Waals surface area contributed by atoms with Crippen molar-refractivity contribution in [2.45, 2.75) is 0 Å². The molecule has 0 aliphatic rings.